The first-order valence-corrected chi connectivity index (χ1v) is 11.5. The Labute approximate surface area is 196 Å². The molecule has 0 bridgehead atoms. The third-order valence-corrected chi connectivity index (χ3v) is 6.12. The van der Waals surface area contributed by atoms with Gasteiger partial charge in [-0.05, 0) is 56.8 Å². The molecule has 3 rings (SSSR count). The van der Waals surface area contributed by atoms with E-state index in [4.69, 9.17) is 9.47 Å². The van der Waals surface area contributed by atoms with E-state index in [1.165, 1.54) is 0 Å². The number of likely N-dealkylation sites (N-methyl/N-ethyl adjacent to an activating group) is 1. The SMILES string of the molecule is COc1cccc(C(CNC(=O)C2CCN(C(=O)CCOc3ccccc3)CC2)N(C)C)c1. The third kappa shape index (κ3) is 7.22. The van der Waals surface area contributed by atoms with Crippen LogP contribution in [0, 0.1) is 5.92 Å². The van der Waals surface area contributed by atoms with Crippen LogP contribution in [0.1, 0.15) is 30.9 Å². The molecule has 1 N–H and O–H groups in total. The number of likely N-dealkylation sites (tertiary alicyclic amines) is 1. The lowest BCUT2D eigenvalue weighted by Crippen LogP contribution is -2.44. The lowest BCUT2D eigenvalue weighted by molar-refractivity contribution is -0.136. The molecule has 0 spiro atoms. The fourth-order valence-electron chi connectivity index (χ4n) is 4.11. The number of carbonyl (C=O) groups is 2. The second-order valence-corrected chi connectivity index (χ2v) is 8.57. The molecule has 2 aromatic carbocycles. The van der Waals surface area contributed by atoms with Gasteiger partial charge in [-0.1, -0.05) is 30.3 Å². The van der Waals surface area contributed by atoms with Crippen LogP contribution >= 0.6 is 0 Å². The highest BCUT2D eigenvalue weighted by Gasteiger charge is 2.28. The third-order valence-electron chi connectivity index (χ3n) is 6.12. The van der Waals surface area contributed by atoms with Gasteiger partial charge in [-0.3, -0.25) is 9.59 Å². The normalized spacial score (nSPS) is 15.2. The van der Waals surface area contributed by atoms with Crippen molar-refractivity contribution < 1.29 is 19.1 Å². The van der Waals surface area contributed by atoms with Crippen LogP contribution in [0.3, 0.4) is 0 Å². The number of benzene rings is 2. The molecule has 1 fully saturated rings. The van der Waals surface area contributed by atoms with Crippen molar-refractivity contribution in [3.8, 4) is 11.5 Å². The van der Waals surface area contributed by atoms with Gasteiger partial charge in [0.25, 0.3) is 0 Å². The standard InChI is InChI=1S/C26H35N3O4/c1-28(2)24(21-8-7-11-23(18-21)32-3)19-27-26(31)20-12-15-29(16-13-20)25(30)14-17-33-22-9-5-4-6-10-22/h4-11,18,20,24H,12-17,19H2,1-3H3,(H,27,31). The Bertz CT molecular complexity index is 895. The average Bonchev–Trinajstić information content (AvgIpc) is 2.84. The topological polar surface area (TPSA) is 71.1 Å². The van der Waals surface area contributed by atoms with Crippen molar-refractivity contribution in [2.45, 2.75) is 25.3 Å². The summed E-state index contributed by atoms with van der Waals surface area (Å²) >= 11 is 0. The maximum Gasteiger partial charge on any atom is 0.225 e. The van der Waals surface area contributed by atoms with Gasteiger partial charge < -0.3 is 24.6 Å². The van der Waals surface area contributed by atoms with Gasteiger partial charge >= 0.3 is 0 Å². The zero-order valence-corrected chi connectivity index (χ0v) is 19.8. The van der Waals surface area contributed by atoms with E-state index in [1.54, 1.807) is 7.11 Å². The van der Waals surface area contributed by atoms with E-state index >= 15 is 0 Å². The first-order chi connectivity index (χ1) is 16.0. The van der Waals surface area contributed by atoms with Crippen LogP contribution < -0.4 is 14.8 Å². The molecule has 0 aromatic heterocycles. The van der Waals surface area contributed by atoms with Gasteiger partial charge in [0.1, 0.15) is 11.5 Å². The molecule has 0 aliphatic carbocycles. The quantitative estimate of drug-likeness (QED) is 0.599. The maximum absolute atomic E-state index is 12.8. The fraction of sp³-hybridized carbons (Fsp3) is 0.462. The van der Waals surface area contributed by atoms with Crippen LogP contribution in [0.25, 0.3) is 0 Å². The molecule has 0 saturated carbocycles. The van der Waals surface area contributed by atoms with Gasteiger partial charge in [-0.25, -0.2) is 0 Å². The van der Waals surface area contributed by atoms with Crippen molar-refractivity contribution in [3.05, 3.63) is 60.2 Å². The zero-order valence-electron chi connectivity index (χ0n) is 19.8. The van der Waals surface area contributed by atoms with Crippen LogP contribution in [0.15, 0.2) is 54.6 Å². The van der Waals surface area contributed by atoms with E-state index in [2.05, 4.69) is 10.2 Å². The van der Waals surface area contributed by atoms with E-state index < -0.39 is 0 Å². The minimum absolute atomic E-state index is 0.0512. The molecule has 7 nitrogen and oxygen atoms in total. The van der Waals surface area contributed by atoms with Gasteiger partial charge in [0.15, 0.2) is 0 Å². The number of carbonyl (C=O) groups excluding carboxylic acids is 2. The van der Waals surface area contributed by atoms with Crippen LogP contribution in [0.2, 0.25) is 0 Å². The van der Waals surface area contributed by atoms with Crippen molar-refractivity contribution in [1.82, 2.24) is 15.1 Å². The van der Waals surface area contributed by atoms with Crippen molar-refractivity contribution in [2.75, 3.05) is 47.4 Å². The molecule has 1 saturated heterocycles. The number of hydrogen-bond acceptors (Lipinski definition) is 5. The first-order valence-electron chi connectivity index (χ1n) is 11.5. The average molecular weight is 454 g/mol. The van der Waals surface area contributed by atoms with E-state index in [0.717, 1.165) is 17.1 Å². The van der Waals surface area contributed by atoms with E-state index in [9.17, 15) is 9.59 Å². The summed E-state index contributed by atoms with van der Waals surface area (Å²) < 4.78 is 11.0. The number of ether oxygens (including phenoxy) is 2. The number of para-hydroxylation sites is 1. The number of piperidine rings is 1. The number of rotatable bonds is 10. The minimum atomic E-state index is -0.0669. The molecular weight excluding hydrogens is 418 g/mol. The van der Waals surface area contributed by atoms with Gasteiger partial charge in [0.2, 0.25) is 11.8 Å². The molecule has 0 radical (unpaired) electrons. The van der Waals surface area contributed by atoms with E-state index in [-0.39, 0.29) is 23.8 Å². The first kappa shape index (κ1) is 24.6. The number of nitrogens with zero attached hydrogens (tertiary/aromatic N) is 2. The monoisotopic (exact) mass is 453 g/mol. The number of amides is 2. The van der Waals surface area contributed by atoms with Gasteiger partial charge in [-0.2, -0.15) is 0 Å². The predicted octanol–water partition coefficient (Wildman–Crippen LogP) is 3.12. The maximum atomic E-state index is 12.8. The number of nitrogens with one attached hydrogen (secondary N) is 1. The largest absolute Gasteiger partial charge is 0.497 e. The Morgan fingerprint density at radius 1 is 1.06 bits per heavy atom. The minimum Gasteiger partial charge on any atom is -0.497 e. The predicted molar refractivity (Wildman–Crippen MR) is 128 cm³/mol. The van der Waals surface area contributed by atoms with Crippen molar-refractivity contribution in [3.63, 3.8) is 0 Å². The van der Waals surface area contributed by atoms with E-state index in [1.807, 2.05) is 73.6 Å². The van der Waals surface area contributed by atoms with Crippen molar-refractivity contribution in [2.24, 2.45) is 5.92 Å². The van der Waals surface area contributed by atoms with Gasteiger partial charge in [0.05, 0.1) is 26.2 Å². The van der Waals surface area contributed by atoms with Crippen LogP contribution in [0.4, 0.5) is 0 Å². The summed E-state index contributed by atoms with van der Waals surface area (Å²) in [4.78, 5) is 29.2. The number of hydrogen-bond donors (Lipinski definition) is 1. The van der Waals surface area contributed by atoms with Gasteiger partial charge in [-0.15, -0.1) is 0 Å². The lowest BCUT2D eigenvalue weighted by Gasteiger charge is -2.32. The molecule has 2 aromatic rings. The number of methoxy groups -OCH3 is 1. The highest BCUT2D eigenvalue weighted by Crippen LogP contribution is 2.23. The second-order valence-electron chi connectivity index (χ2n) is 8.57. The Morgan fingerprint density at radius 2 is 1.76 bits per heavy atom. The molecule has 1 aliphatic rings. The molecule has 1 heterocycles. The zero-order chi connectivity index (χ0) is 23.6. The Morgan fingerprint density at radius 3 is 2.42 bits per heavy atom. The molecule has 178 valence electrons. The second kappa shape index (κ2) is 12.3. The lowest BCUT2D eigenvalue weighted by atomic mass is 9.95. The molecule has 1 unspecified atom stereocenters. The highest BCUT2D eigenvalue weighted by atomic mass is 16.5. The summed E-state index contributed by atoms with van der Waals surface area (Å²) in [6.07, 6.45) is 1.71. The molecule has 33 heavy (non-hydrogen) atoms. The summed E-state index contributed by atoms with van der Waals surface area (Å²) in [5.41, 5.74) is 1.10. The molecular formula is C26H35N3O4. The van der Waals surface area contributed by atoms with Crippen molar-refractivity contribution >= 4 is 11.8 Å². The van der Waals surface area contributed by atoms with Gasteiger partial charge in [0, 0.05) is 25.6 Å². The summed E-state index contributed by atoms with van der Waals surface area (Å²) in [6.45, 7) is 2.10. The molecule has 7 heteroatoms. The summed E-state index contributed by atoms with van der Waals surface area (Å²) in [5.74, 6) is 1.64. The highest BCUT2D eigenvalue weighted by molar-refractivity contribution is 5.80. The summed E-state index contributed by atoms with van der Waals surface area (Å²) in [6, 6.07) is 17.5. The summed E-state index contributed by atoms with van der Waals surface area (Å²) in [7, 11) is 5.66. The van der Waals surface area contributed by atoms with Crippen LogP contribution in [-0.2, 0) is 9.59 Å². The fourth-order valence-corrected chi connectivity index (χ4v) is 4.11. The summed E-state index contributed by atoms with van der Waals surface area (Å²) in [5, 5.41) is 3.12. The van der Waals surface area contributed by atoms with Crippen molar-refractivity contribution in [1.29, 1.82) is 0 Å². The van der Waals surface area contributed by atoms with Crippen LogP contribution in [0.5, 0.6) is 11.5 Å². The molecule has 1 atom stereocenters. The van der Waals surface area contributed by atoms with Crippen LogP contribution in [-0.4, -0.2) is 69.1 Å². The molecule has 2 amide bonds. The Kier molecular flexibility index (Phi) is 9.13. The molecule has 1 aliphatic heterocycles. The van der Waals surface area contributed by atoms with E-state index in [0.29, 0.717) is 45.5 Å². The smallest absolute Gasteiger partial charge is 0.225 e. The Hall–Kier alpha value is -3.06. The Balaban J connectivity index is 1.42.